The molecule has 0 saturated heterocycles. The minimum absolute atomic E-state index is 0.519. The van der Waals surface area contributed by atoms with Gasteiger partial charge in [0.15, 0.2) is 11.5 Å². The number of rotatable bonds is 8. The summed E-state index contributed by atoms with van der Waals surface area (Å²) in [6.45, 7) is 7.41. The van der Waals surface area contributed by atoms with Crippen LogP contribution in [0.25, 0.3) is 0 Å². The molecule has 1 fully saturated rings. The predicted octanol–water partition coefficient (Wildman–Crippen LogP) is 4.05. The van der Waals surface area contributed by atoms with E-state index in [0.29, 0.717) is 12.6 Å². The van der Waals surface area contributed by atoms with Crippen LogP contribution in [0.2, 0.25) is 0 Å². The molecule has 1 aromatic rings. The van der Waals surface area contributed by atoms with E-state index >= 15 is 0 Å². The largest absolute Gasteiger partial charge is 0.493 e. The van der Waals surface area contributed by atoms with Crippen molar-refractivity contribution in [3.8, 4) is 11.5 Å². The molecule has 3 nitrogen and oxygen atoms in total. The molecule has 0 atom stereocenters. The first-order valence-corrected chi connectivity index (χ1v) is 7.82. The second-order valence-electron chi connectivity index (χ2n) is 5.16. The Hall–Kier alpha value is -1.00. The van der Waals surface area contributed by atoms with Gasteiger partial charge in [0.1, 0.15) is 6.61 Å². The first-order chi connectivity index (χ1) is 9.63. The van der Waals surface area contributed by atoms with E-state index in [1.54, 1.807) is 7.11 Å². The van der Waals surface area contributed by atoms with Gasteiger partial charge in [0.2, 0.25) is 0 Å². The fourth-order valence-electron chi connectivity index (χ4n) is 1.84. The summed E-state index contributed by atoms with van der Waals surface area (Å²) < 4.78 is 12.2. The Morgan fingerprint density at radius 3 is 2.80 bits per heavy atom. The molecular formula is C16H22BrNO2. The molecule has 20 heavy (non-hydrogen) atoms. The molecule has 1 aliphatic rings. The summed E-state index contributed by atoms with van der Waals surface area (Å²) in [5.41, 5.74) is 2.26. The van der Waals surface area contributed by atoms with Crippen LogP contribution in [0.1, 0.15) is 31.7 Å². The molecular weight excluding hydrogens is 318 g/mol. The Morgan fingerprint density at radius 1 is 1.45 bits per heavy atom. The highest BCUT2D eigenvalue weighted by Crippen LogP contribution is 2.37. The number of hydrogen-bond acceptors (Lipinski definition) is 3. The van der Waals surface area contributed by atoms with E-state index in [4.69, 9.17) is 9.47 Å². The standard InChI is InChI=1S/C16H22BrNO2/c1-4-11(2)10-20-16-14(17)7-12(8-15(16)19-3)9-18-13-5-6-13/h7-8,13,18H,2,4-6,9-10H2,1,3H3. The Bertz CT molecular complexity index is 484. The number of nitrogens with one attached hydrogen (secondary N) is 1. The van der Waals surface area contributed by atoms with E-state index in [9.17, 15) is 0 Å². The SMILES string of the molecule is C=C(CC)COc1c(Br)cc(CNC2CC2)cc1OC. The maximum Gasteiger partial charge on any atom is 0.175 e. The smallest absolute Gasteiger partial charge is 0.175 e. The summed E-state index contributed by atoms with van der Waals surface area (Å²) in [5.74, 6) is 1.51. The Morgan fingerprint density at radius 2 is 2.20 bits per heavy atom. The lowest BCUT2D eigenvalue weighted by Crippen LogP contribution is -2.15. The molecule has 0 bridgehead atoms. The molecule has 0 aromatic heterocycles. The van der Waals surface area contributed by atoms with Crippen molar-refractivity contribution in [3.63, 3.8) is 0 Å². The topological polar surface area (TPSA) is 30.5 Å². The zero-order valence-corrected chi connectivity index (χ0v) is 13.8. The lowest BCUT2D eigenvalue weighted by Gasteiger charge is -2.15. The van der Waals surface area contributed by atoms with Crippen LogP contribution in [-0.2, 0) is 6.54 Å². The fraction of sp³-hybridized carbons (Fsp3) is 0.500. The van der Waals surface area contributed by atoms with Gasteiger partial charge in [-0.3, -0.25) is 0 Å². The maximum atomic E-state index is 5.81. The Kier molecular flexibility index (Phi) is 5.49. The van der Waals surface area contributed by atoms with Gasteiger partial charge >= 0.3 is 0 Å². The molecule has 1 N–H and O–H groups in total. The van der Waals surface area contributed by atoms with Crippen molar-refractivity contribution in [3.05, 3.63) is 34.3 Å². The number of halogens is 1. The van der Waals surface area contributed by atoms with Gasteiger partial charge in [-0.05, 0) is 58.5 Å². The molecule has 0 amide bonds. The summed E-state index contributed by atoms with van der Waals surface area (Å²) in [6, 6.07) is 4.81. The third-order valence-corrected chi connectivity index (χ3v) is 3.97. The summed E-state index contributed by atoms with van der Waals surface area (Å²) in [7, 11) is 1.67. The highest BCUT2D eigenvalue weighted by atomic mass is 79.9. The van der Waals surface area contributed by atoms with Gasteiger partial charge in [0.05, 0.1) is 11.6 Å². The summed E-state index contributed by atoms with van der Waals surface area (Å²) in [5, 5.41) is 3.50. The minimum Gasteiger partial charge on any atom is -0.493 e. The molecule has 0 heterocycles. The number of ether oxygens (including phenoxy) is 2. The van der Waals surface area contributed by atoms with Crippen molar-refractivity contribution in [2.75, 3.05) is 13.7 Å². The molecule has 1 aliphatic carbocycles. The predicted molar refractivity (Wildman–Crippen MR) is 85.5 cm³/mol. The van der Waals surface area contributed by atoms with Gasteiger partial charge in [-0.15, -0.1) is 0 Å². The molecule has 2 rings (SSSR count). The summed E-state index contributed by atoms with van der Waals surface area (Å²) in [6.07, 6.45) is 3.50. The molecule has 4 heteroatoms. The molecule has 0 unspecified atom stereocenters. The van der Waals surface area contributed by atoms with Gasteiger partial charge < -0.3 is 14.8 Å². The Balaban J connectivity index is 2.07. The summed E-state index contributed by atoms with van der Waals surface area (Å²) in [4.78, 5) is 0. The van der Waals surface area contributed by atoms with Gasteiger partial charge in [-0.25, -0.2) is 0 Å². The third-order valence-electron chi connectivity index (χ3n) is 3.38. The zero-order chi connectivity index (χ0) is 14.5. The van der Waals surface area contributed by atoms with Crippen LogP contribution in [0.5, 0.6) is 11.5 Å². The Labute approximate surface area is 129 Å². The van der Waals surface area contributed by atoms with Gasteiger partial charge in [0.25, 0.3) is 0 Å². The monoisotopic (exact) mass is 339 g/mol. The molecule has 0 aliphatic heterocycles. The third kappa shape index (κ3) is 4.25. The van der Waals surface area contributed by atoms with E-state index in [1.165, 1.54) is 18.4 Å². The fourth-order valence-corrected chi connectivity index (χ4v) is 2.45. The molecule has 0 spiro atoms. The number of hydrogen-bond donors (Lipinski definition) is 1. The van der Waals surface area contributed by atoms with Crippen LogP contribution in [0, 0.1) is 0 Å². The zero-order valence-electron chi connectivity index (χ0n) is 12.2. The van der Waals surface area contributed by atoms with Crippen LogP contribution in [0.4, 0.5) is 0 Å². The van der Waals surface area contributed by atoms with E-state index in [0.717, 1.165) is 34.5 Å². The molecule has 1 aromatic carbocycles. The lowest BCUT2D eigenvalue weighted by atomic mass is 10.2. The van der Waals surface area contributed by atoms with Crippen LogP contribution >= 0.6 is 15.9 Å². The van der Waals surface area contributed by atoms with E-state index < -0.39 is 0 Å². The average Bonchev–Trinajstić information content (AvgIpc) is 3.27. The van der Waals surface area contributed by atoms with Gasteiger partial charge in [-0.2, -0.15) is 0 Å². The van der Waals surface area contributed by atoms with Gasteiger partial charge in [-0.1, -0.05) is 13.5 Å². The van der Waals surface area contributed by atoms with Crippen molar-refractivity contribution >= 4 is 15.9 Å². The van der Waals surface area contributed by atoms with Crippen molar-refractivity contribution in [2.45, 2.75) is 38.8 Å². The van der Waals surface area contributed by atoms with E-state index in [1.807, 2.05) is 6.07 Å². The van der Waals surface area contributed by atoms with E-state index in [2.05, 4.69) is 40.8 Å². The van der Waals surface area contributed by atoms with E-state index in [-0.39, 0.29) is 0 Å². The molecule has 1 saturated carbocycles. The minimum atomic E-state index is 0.519. The van der Waals surface area contributed by atoms with Crippen molar-refractivity contribution in [1.29, 1.82) is 0 Å². The van der Waals surface area contributed by atoms with Crippen LogP contribution in [0.15, 0.2) is 28.8 Å². The average molecular weight is 340 g/mol. The normalized spacial score (nSPS) is 14.2. The van der Waals surface area contributed by atoms with Crippen LogP contribution < -0.4 is 14.8 Å². The van der Waals surface area contributed by atoms with Crippen molar-refractivity contribution in [1.82, 2.24) is 5.32 Å². The first-order valence-electron chi connectivity index (χ1n) is 7.03. The van der Waals surface area contributed by atoms with Crippen LogP contribution in [0.3, 0.4) is 0 Å². The lowest BCUT2D eigenvalue weighted by molar-refractivity contribution is 0.315. The van der Waals surface area contributed by atoms with Crippen molar-refractivity contribution < 1.29 is 9.47 Å². The molecule has 110 valence electrons. The second kappa shape index (κ2) is 7.14. The van der Waals surface area contributed by atoms with Gasteiger partial charge in [0, 0.05) is 12.6 Å². The quantitative estimate of drug-likeness (QED) is 0.724. The number of benzene rings is 1. The highest BCUT2D eigenvalue weighted by molar-refractivity contribution is 9.10. The van der Waals surface area contributed by atoms with Crippen molar-refractivity contribution in [2.24, 2.45) is 0 Å². The molecule has 0 radical (unpaired) electrons. The summed E-state index contributed by atoms with van der Waals surface area (Å²) >= 11 is 3.57. The first kappa shape index (κ1) is 15.4. The second-order valence-corrected chi connectivity index (χ2v) is 6.01. The highest BCUT2D eigenvalue weighted by Gasteiger charge is 2.20. The maximum absolute atomic E-state index is 5.81. The van der Waals surface area contributed by atoms with Crippen LogP contribution in [-0.4, -0.2) is 19.8 Å². The number of methoxy groups -OCH3 is 1.